The van der Waals surface area contributed by atoms with Gasteiger partial charge in [0.1, 0.15) is 5.82 Å². The van der Waals surface area contributed by atoms with Crippen molar-refractivity contribution in [3.05, 3.63) is 52.2 Å². The zero-order valence-corrected chi connectivity index (χ0v) is 16.1. The Kier molecular flexibility index (Phi) is 5.20. The molecule has 0 aliphatic carbocycles. The molecule has 0 bridgehead atoms. The highest BCUT2D eigenvalue weighted by Gasteiger charge is 2.27. The quantitative estimate of drug-likeness (QED) is 0.832. The predicted octanol–water partition coefficient (Wildman–Crippen LogP) is 3.20. The molecule has 2 aromatic rings. The Labute approximate surface area is 157 Å². The lowest BCUT2D eigenvalue weighted by Crippen LogP contribution is -2.21. The van der Waals surface area contributed by atoms with Crippen LogP contribution in [0.15, 0.2) is 30.5 Å². The minimum absolute atomic E-state index is 0.113. The number of carbonyl (C=O) groups is 1. The van der Waals surface area contributed by atoms with E-state index in [9.17, 15) is 13.2 Å². The first-order chi connectivity index (χ1) is 12.2. The third kappa shape index (κ3) is 4.34. The van der Waals surface area contributed by atoms with Crippen LogP contribution in [-0.4, -0.2) is 36.9 Å². The van der Waals surface area contributed by atoms with Crippen LogP contribution in [0.4, 0.5) is 11.5 Å². The molecule has 138 valence electrons. The number of nitrogens with zero attached hydrogens (tertiary/aromatic N) is 1. The van der Waals surface area contributed by atoms with Gasteiger partial charge in [-0.15, -0.1) is 0 Å². The Hall–Kier alpha value is -2.12. The molecular weight excluding hydrogens is 374 g/mol. The number of benzene rings is 1. The fourth-order valence-corrected chi connectivity index (χ4v) is 5.03. The highest BCUT2D eigenvalue weighted by Crippen LogP contribution is 2.27. The Bertz CT molecular complexity index is 920. The number of pyridine rings is 1. The molecular formula is C18H20ClN3O3S. The van der Waals surface area contributed by atoms with Crippen molar-refractivity contribution in [3.63, 3.8) is 0 Å². The van der Waals surface area contributed by atoms with E-state index in [0.717, 1.165) is 11.1 Å². The van der Waals surface area contributed by atoms with Crippen molar-refractivity contribution >= 4 is 38.9 Å². The maximum absolute atomic E-state index is 12.4. The van der Waals surface area contributed by atoms with Gasteiger partial charge in [0.2, 0.25) is 0 Å². The molecule has 1 aromatic heterocycles. The van der Waals surface area contributed by atoms with Gasteiger partial charge in [-0.05, 0) is 49.6 Å². The molecule has 3 rings (SSSR count). The molecule has 1 unspecified atom stereocenters. The summed E-state index contributed by atoms with van der Waals surface area (Å²) in [5.41, 5.74) is 2.89. The summed E-state index contributed by atoms with van der Waals surface area (Å²) in [5.74, 6) is 0.554. The standard InChI is InChI=1S/C18H20ClN3O3S/c1-11-7-12(2)17(15(19)8-11)22-18(23)13-3-4-16(20-9-13)21-14-5-6-26(24,25)10-14/h3-4,7-9,14H,5-6,10H2,1-2H3,(H,20,21)(H,22,23). The van der Waals surface area contributed by atoms with Gasteiger partial charge in [0.25, 0.3) is 5.91 Å². The second-order valence-electron chi connectivity index (χ2n) is 6.57. The molecule has 1 amide bonds. The minimum Gasteiger partial charge on any atom is -0.366 e. The van der Waals surface area contributed by atoms with Gasteiger partial charge >= 0.3 is 0 Å². The molecule has 1 aliphatic rings. The summed E-state index contributed by atoms with van der Waals surface area (Å²) in [6.45, 7) is 3.82. The molecule has 2 N–H and O–H groups in total. The van der Waals surface area contributed by atoms with Crippen molar-refractivity contribution < 1.29 is 13.2 Å². The predicted molar refractivity (Wildman–Crippen MR) is 104 cm³/mol. The fourth-order valence-electron chi connectivity index (χ4n) is 2.99. The maximum atomic E-state index is 12.4. The fraction of sp³-hybridized carbons (Fsp3) is 0.333. The molecule has 2 heterocycles. The number of aryl methyl sites for hydroxylation is 2. The molecule has 26 heavy (non-hydrogen) atoms. The van der Waals surface area contributed by atoms with Crippen LogP contribution in [0, 0.1) is 13.8 Å². The van der Waals surface area contributed by atoms with Crippen LogP contribution in [0.3, 0.4) is 0 Å². The topological polar surface area (TPSA) is 88.2 Å². The second-order valence-corrected chi connectivity index (χ2v) is 9.21. The van der Waals surface area contributed by atoms with Gasteiger partial charge in [0.05, 0.1) is 27.8 Å². The Morgan fingerprint density at radius 2 is 2.04 bits per heavy atom. The van der Waals surface area contributed by atoms with Crippen LogP contribution in [0.2, 0.25) is 5.02 Å². The number of amides is 1. The summed E-state index contributed by atoms with van der Waals surface area (Å²) in [4.78, 5) is 16.6. The van der Waals surface area contributed by atoms with E-state index >= 15 is 0 Å². The van der Waals surface area contributed by atoms with Gasteiger partial charge in [-0.1, -0.05) is 17.7 Å². The molecule has 0 saturated carbocycles. The van der Waals surface area contributed by atoms with Crippen molar-refractivity contribution in [2.24, 2.45) is 0 Å². The number of hydrogen-bond donors (Lipinski definition) is 2. The first-order valence-corrected chi connectivity index (χ1v) is 10.4. The lowest BCUT2D eigenvalue weighted by atomic mass is 10.1. The smallest absolute Gasteiger partial charge is 0.257 e. The van der Waals surface area contributed by atoms with Crippen molar-refractivity contribution in [1.82, 2.24) is 4.98 Å². The lowest BCUT2D eigenvalue weighted by Gasteiger charge is -2.13. The summed E-state index contributed by atoms with van der Waals surface area (Å²) >= 11 is 6.22. The third-order valence-electron chi connectivity index (χ3n) is 4.28. The Morgan fingerprint density at radius 3 is 2.62 bits per heavy atom. The third-order valence-corrected chi connectivity index (χ3v) is 6.35. The maximum Gasteiger partial charge on any atom is 0.257 e. The van der Waals surface area contributed by atoms with Gasteiger partial charge in [0.15, 0.2) is 9.84 Å². The van der Waals surface area contributed by atoms with Gasteiger partial charge in [-0.2, -0.15) is 0 Å². The summed E-state index contributed by atoms with van der Waals surface area (Å²) in [5, 5.41) is 6.40. The summed E-state index contributed by atoms with van der Waals surface area (Å²) in [7, 11) is -2.95. The SMILES string of the molecule is Cc1cc(C)c(NC(=O)c2ccc(NC3CCS(=O)(=O)C3)nc2)c(Cl)c1. The van der Waals surface area contributed by atoms with Gasteiger partial charge in [-0.25, -0.2) is 13.4 Å². The first kappa shape index (κ1) is 18.7. The second kappa shape index (κ2) is 7.25. The van der Waals surface area contributed by atoms with Crippen molar-refractivity contribution in [2.45, 2.75) is 26.3 Å². The number of nitrogens with one attached hydrogen (secondary N) is 2. The minimum atomic E-state index is -2.95. The molecule has 1 fully saturated rings. The molecule has 1 aromatic carbocycles. The molecule has 8 heteroatoms. The number of rotatable bonds is 4. The van der Waals surface area contributed by atoms with E-state index < -0.39 is 9.84 Å². The van der Waals surface area contributed by atoms with E-state index in [-0.39, 0.29) is 23.5 Å². The van der Waals surface area contributed by atoms with E-state index in [2.05, 4.69) is 15.6 Å². The largest absolute Gasteiger partial charge is 0.366 e. The molecule has 6 nitrogen and oxygen atoms in total. The number of halogens is 1. The van der Waals surface area contributed by atoms with E-state index in [4.69, 9.17) is 11.6 Å². The van der Waals surface area contributed by atoms with Crippen LogP contribution in [0.25, 0.3) is 0 Å². The van der Waals surface area contributed by atoms with E-state index in [0.29, 0.717) is 28.5 Å². The Morgan fingerprint density at radius 1 is 1.27 bits per heavy atom. The van der Waals surface area contributed by atoms with Crippen LogP contribution >= 0.6 is 11.6 Å². The number of anilines is 2. The summed E-state index contributed by atoms with van der Waals surface area (Å²) in [6.07, 6.45) is 2.02. The van der Waals surface area contributed by atoms with Gasteiger partial charge in [0, 0.05) is 12.2 Å². The van der Waals surface area contributed by atoms with E-state index in [1.807, 2.05) is 19.9 Å². The normalized spacial score (nSPS) is 18.5. The van der Waals surface area contributed by atoms with E-state index in [1.54, 1.807) is 18.2 Å². The molecule has 1 saturated heterocycles. The summed E-state index contributed by atoms with van der Waals surface area (Å²) < 4.78 is 23.0. The Balaban J connectivity index is 1.68. The number of sulfone groups is 1. The monoisotopic (exact) mass is 393 g/mol. The average Bonchev–Trinajstić information content (AvgIpc) is 2.90. The van der Waals surface area contributed by atoms with Crippen molar-refractivity contribution in [3.8, 4) is 0 Å². The molecule has 0 radical (unpaired) electrons. The van der Waals surface area contributed by atoms with Crippen molar-refractivity contribution in [2.75, 3.05) is 22.1 Å². The number of hydrogen-bond acceptors (Lipinski definition) is 5. The molecule has 1 aliphatic heterocycles. The van der Waals surface area contributed by atoms with Crippen molar-refractivity contribution in [1.29, 1.82) is 0 Å². The van der Waals surface area contributed by atoms with E-state index in [1.165, 1.54) is 6.20 Å². The van der Waals surface area contributed by atoms with Crippen LogP contribution in [0.1, 0.15) is 27.9 Å². The number of carbonyl (C=O) groups excluding carboxylic acids is 1. The van der Waals surface area contributed by atoms with Crippen LogP contribution in [0.5, 0.6) is 0 Å². The highest BCUT2D eigenvalue weighted by molar-refractivity contribution is 7.91. The first-order valence-electron chi connectivity index (χ1n) is 8.24. The van der Waals surface area contributed by atoms with Gasteiger partial charge < -0.3 is 10.6 Å². The average molecular weight is 394 g/mol. The number of aromatic nitrogens is 1. The van der Waals surface area contributed by atoms with Crippen LogP contribution < -0.4 is 10.6 Å². The molecule has 0 spiro atoms. The lowest BCUT2D eigenvalue weighted by molar-refractivity contribution is 0.102. The zero-order valence-electron chi connectivity index (χ0n) is 14.5. The van der Waals surface area contributed by atoms with Crippen LogP contribution in [-0.2, 0) is 9.84 Å². The zero-order chi connectivity index (χ0) is 18.9. The molecule has 1 atom stereocenters. The highest BCUT2D eigenvalue weighted by atomic mass is 35.5. The van der Waals surface area contributed by atoms with Gasteiger partial charge in [-0.3, -0.25) is 4.79 Å². The summed E-state index contributed by atoms with van der Waals surface area (Å²) in [6, 6.07) is 6.92.